The number of aliphatic carboxylic acids is 1. The number of carboxylic acid groups (broad SMARTS) is 1. The molecular formula is C15H19NO4. The average molecular weight is 277 g/mol. The first kappa shape index (κ1) is 14.4. The van der Waals surface area contributed by atoms with Crippen LogP contribution in [-0.2, 0) is 9.53 Å². The van der Waals surface area contributed by atoms with E-state index in [-0.39, 0.29) is 11.7 Å². The Balaban J connectivity index is 2.18. The summed E-state index contributed by atoms with van der Waals surface area (Å²) in [6.07, 6.45) is 8.80. The highest BCUT2D eigenvalue weighted by Gasteiger charge is 2.27. The van der Waals surface area contributed by atoms with Crippen molar-refractivity contribution >= 4 is 12.1 Å². The molecule has 1 fully saturated rings. The van der Waals surface area contributed by atoms with E-state index in [0.717, 1.165) is 12.1 Å². The van der Waals surface area contributed by atoms with Crippen LogP contribution in [0.4, 0.5) is 4.79 Å². The Labute approximate surface area is 118 Å². The van der Waals surface area contributed by atoms with Crippen molar-refractivity contribution in [1.82, 2.24) is 4.90 Å². The summed E-state index contributed by atoms with van der Waals surface area (Å²) >= 11 is 0. The minimum Gasteiger partial charge on any atom is -0.478 e. The third kappa shape index (κ3) is 3.29. The molecule has 1 aliphatic carbocycles. The molecule has 1 heterocycles. The first-order valence-electron chi connectivity index (χ1n) is 6.87. The van der Waals surface area contributed by atoms with Crippen LogP contribution in [-0.4, -0.2) is 35.2 Å². The van der Waals surface area contributed by atoms with E-state index in [0.29, 0.717) is 31.9 Å². The molecule has 0 aromatic rings. The van der Waals surface area contributed by atoms with Crippen molar-refractivity contribution in [3.05, 3.63) is 35.6 Å². The fraction of sp³-hybridized carbons (Fsp3) is 0.467. The summed E-state index contributed by atoms with van der Waals surface area (Å²) in [4.78, 5) is 24.5. The normalized spacial score (nSPS) is 27.6. The zero-order valence-corrected chi connectivity index (χ0v) is 11.5. The molecule has 0 radical (unpaired) electrons. The van der Waals surface area contributed by atoms with Gasteiger partial charge >= 0.3 is 12.1 Å². The number of allylic oxidation sites excluding steroid dienone is 3. The minimum absolute atomic E-state index is 0.257. The highest BCUT2D eigenvalue weighted by molar-refractivity contribution is 5.90. The van der Waals surface area contributed by atoms with E-state index >= 15 is 0 Å². The number of rotatable bonds is 3. The molecule has 108 valence electrons. The Morgan fingerprint density at radius 1 is 1.40 bits per heavy atom. The Hall–Kier alpha value is -2.04. The maximum Gasteiger partial charge on any atom is 0.414 e. The Kier molecular flexibility index (Phi) is 4.61. The molecule has 1 saturated heterocycles. The molecular weight excluding hydrogens is 258 g/mol. The van der Waals surface area contributed by atoms with Crippen molar-refractivity contribution in [2.24, 2.45) is 5.92 Å². The molecule has 0 aromatic carbocycles. The molecule has 1 aliphatic heterocycles. The van der Waals surface area contributed by atoms with Crippen molar-refractivity contribution in [3.8, 4) is 0 Å². The van der Waals surface area contributed by atoms with Gasteiger partial charge in [0.05, 0.1) is 12.2 Å². The van der Waals surface area contributed by atoms with Crippen molar-refractivity contribution in [2.45, 2.75) is 26.2 Å². The van der Waals surface area contributed by atoms with E-state index in [9.17, 15) is 9.59 Å². The fourth-order valence-corrected chi connectivity index (χ4v) is 2.25. The van der Waals surface area contributed by atoms with E-state index in [1.165, 1.54) is 6.08 Å². The van der Waals surface area contributed by atoms with Crippen LogP contribution in [0.5, 0.6) is 0 Å². The lowest BCUT2D eigenvalue weighted by atomic mass is 10.0. The standard InChI is InChI=1S/C15H19NO4/c1-2-11-9-16(15(19)20-10-11)13-6-4-3-5-12(7-8-13)14(17)18/h5-8,11H,2-4,9-10H2,1H3,(H,17,18)/b8-7-,12-5?,13-6+. The first-order chi connectivity index (χ1) is 9.61. The molecule has 2 aliphatic rings. The van der Waals surface area contributed by atoms with E-state index in [4.69, 9.17) is 9.84 Å². The summed E-state index contributed by atoms with van der Waals surface area (Å²) in [7, 11) is 0. The van der Waals surface area contributed by atoms with Crippen LogP contribution in [0.25, 0.3) is 0 Å². The van der Waals surface area contributed by atoms with Gasteiger partial charge in [0.25, 0.3) is 0 Å². The van der Waals surface area contributed by atoms with Gasteiger partial charge < -0.3 is 9.84 Å². The predicted octanol–water partition coefficient (Wildman–Crippen LogP) is 2.71. The van der Waals surface area contributed by atoms with Crippen molar-refractivity contribution in [2.75, 3.05) is 13.2 Å². The second-order valence-corrected chi connectivity index (χ2v) is 4.97. The average Bonchev–Trinajstić information content (AvgIpc) is 2.39. The third-order valence-corrected chi connectivity index (χ3v) is 3.56. The fourth-order valence-electron chi connectivity index (χ4n) is 2.25. The number of carbonyl (C=O) groups is 2. The van der Waals surface area contributed by atoms with Gasteiger partial charge in [-0.2, -0.15) is 0 Å². The van der Waals surface area contributed by atoms with Crippen LogP contribution in [0.15, 0.2) is 35.6 Å². The number of nitrogens with zero attached hydrogens (tertiary/aromatic N) is 1. The highest BCUT2D eigenvalue weighted by Crippen LogP contribution is 2.22. The second-order valence-electron chi connectivity index (χ2n) is 4.97. The minimum atomic E-state index is -0.949. The molecule has 0 aromatic heterocycles. The number of cyclic esters (lactones) is 1. The summed E-state index contributed by atoms with van der Waals surface area (Å²) in [6, 6.07) is 0. The van der Waals surface area contributed by atoms with Gasteiger partial charge in [0.15, 0.2) is 0 Å². The summed E-state index contributed by atoms with van der Waals surface area (Å²) in [5, 5.41) is 9.04. The van der Waals surface area contributed by atoms with Gasteiger partial charge in [0.2, 0.25) is 0 Å². The lowest BCUT2D eigenvalue weighted by molar-refractivity contribution is -0.132. The number of amides is 1. The smallest absolute Gasteiger partial charge is 0.414 e. The Morgan fingerprint density at radius 2 is 2.15 bits per heavy atom. The molecule has 1 unspecified atom stereocenters. The Morgan fingerprint density at radius 3 is 2.85 bits per heavy atom. The van der Waals surface area contributed by atoms with E-state index in [1.54, 1.807) is 17.1 Å². The molecule has 5 heteroatoms. The molecule has 1 N–H and O–H groups in total. The summed E-state index contributed by atoms with van der Waals surface area (Å²) in [5.41, 5.74) is 0.980. The molecule has 0 spiro atoms. The molecule has 0 saturated carbocycles. The van der Waals surface area contributed by atoms with Crippen LogP contribution in [0.2, 0.25) is 0 Å². The zero-order valence-electron chi connectivity index (χ0n) is 11.5. The van der Waals surface area contributed by atoms with Gasteiger partial charge in [-0.1, -0.05) is 19.1 Å². The van der Waals surface area contributed by atoms with Crippen LogP contribution in [0, 0.1) is 5.92 Å². The van der Waals surface area contributed by atoms with E-state index in [2.05, 4.69) is 6.92 Å². The van der Waals surface area contributed by atoms with Crippen molar-refractivity contribution in [3.63, 3.8) is 0 Å². The number of ether oxygens (including phenoxy) is 1. The molecule has 20 heavy (non-hydrogen) atoms. The topological polar surface area (TPSA) is 66.8 Å². The van der Waals surface area contributed by atoms with Crippen molar-refractivity contribution < 1.29 is 19.4 Å². The van der Waals surface area contributed by atoms with E-state index < -0.39 is 5.97 Å². The SMILES string of the molecule is CCC1COC(=O)N(C2=C/CCC=C(C(=O)O)/C=C\2)C1. The lowest BCUT2D eigenvalue weighted by Gasteiger charge is -2.32. The Bertz CT molecular complexity index is 490. The summed E-state index contributed by atoms with van der Waals surface area (Å²) in [6.45, 7) is 3.15. The van der Waals surface area contributed by atoms with E-state index in [1.807, 2.05) is 6.08 Å². The maximum atomic E-state index is 11.9. The molecule has 1 amide bonds. The van der Waals surface area contributed by atoms with Gasteiger partial charge in [-0.15, -0.1) is 0 Å². The van der Waals surface area contributed by atoms with Crippen LogP contribution >= 0.6 is 0 Å². The third-order valence-electron chi connectivity index (χ3n) is 3.56. The largest absolute Gasteiger partial charge is 0.478 e. The first-order valence-corrected chi connectivity index (χ1v) is 6.87. The lowest BCUT2D eigenvalue weighted by Crippen LogP contribution is -2.41. The van der Waals surface area contributed by atoms with Gasteiger partial charge in [0, 0.05) is 18.2 Å². The molecule has 0 bridgehead atoms. The van der Waals surface area contributed by atoms with Crippen molar-refractivity contribution in [1.29, 1.82) is 0 Å². The molecule has 2 rings (SSSR count). The quantitative estimate of drug-likeness (QED) is 0.861. The van der Waals surface area contributed by atoms with Gasteiger partial charge in [-0.3, -0.25) is 4.90 Å². The molecule has 1 atom stereocenters. The number of hydrogen-bond acceptors (Lipinski definition) is 3. The maximum absolute atomic E-state index is 11.9. The van der Waals surface area contributed by atoms with Gasteiger partial charge in [-0.05, 0) is 31.4 Å². The van der Waals surface area contributed by atoms with Crippen LogP contribution in [0.3, 0.4) is 0 Å². The highest BCUT2D eigenvalue weighted by atomic mass is 16.6. The van der Waals surface area contributed by atoms with Crippen LogP contribution < -0.4 is 0 Å². The van der Waals surface area contributed by atoms with Gasteiger partial charge in [-0.25, -0.2) is 9.59 Å². The monoisotopic (exact) mass is 277 g/mol. The van der Waals surface area contributed by atoms with Gasteiger partial charge in [0.1, 0.15) is 0 Å². The molecule has 5 nitrogen and oxygen atoms in total. The number of hydrogen-bond donors (Lipinski definition) is 1. The summed E-state index contributed by atoms with van der Waals surface area (Å²) in [5.74, 6) is -0.628. The predicted molar refractivity (Wildman–Crippen MR) is 74.0 cm³/mol. The summed E-state index contributed by atoms with van der Waals surface area (Å²) < 4.78 is 5.17. The number of carbonyl (C=O) groups excluding carboxylic acids is 1. The van der Waals surface area contributed by atoms with Crippen LogP contribution in [0.1, 0.15) is 26.2 Å². The second kappa shape index (κ2) is 6.41. The number of carboxylic acids is 1. The zero-order chi connectivity index (χ0) is 14.5.